The number of hydrogen-bond donors (Lipinski definition) is 4. The minimum Gasteiger partial charge on any atom is -0.345 e. The summed E-state index contributed by atoms with van der Waals surface area (Å²) in [6.45, 7) is 7.98. The summed E-state index contributed by atoms with van der Waals surface area (Å²) in [5.74, 6) is -1.10. The third-order valence-electron chi connectivity index (χ3n) is 5.58. The van der Waals surface area contributed by atoms with E-state index in [0.717, 1.165) is 25.7 Å². The first kappa shape index (κ1) is 21.3. The Balaban J connectivity index is 1.70. The molecule has 2 aliphatic rings. The first-order chi connectivity index (χ1) is 13.6. The Bertz CT molecular complexity index is 776. The molecule has 9 nitrogen and oxygen atoms in total. The van der Waals surface area contributed by atoms with Gasteiger partial charge >= 0.3 is 11.8 Å². The Morgan fingerprint density at radius 1 is 1.17 bits per heavy atom. The number of nitrogens with zero attached hydrogens (tertiary/aromatic N) is 2. The number of aryl methyl sites for hydroxylation is 1. The van der Waals surface area contributed by atoms with Gasteiger partial charge in [-0.15, -0.1) is 0 Å². The third kappa shape index (κ3) is 5.35. The average Bonchev–Trinajstić information content (AvgIpc) is 3.01. The lowest BCUT2D eigenvalue weighted by atomic mass is 9.84. The van der Waals surface area contributed by atoms with Crippen molar-refractivity contribution in [3.05, 3.63) is 11.8 Å². The van der Waals surface area contributed by atoms with Crippen LogP contribution >= 0.6 is 0 Å². The highest BCUT2D eigenvalue weighted by molar-refractivity contribution is 6.39. The van der Waals surface area contributed by atoms with Gasteiger partial charge in [-0.05, 0) is 25.2 Å². The molecule has 2 fully saturated rings. The van der Waals surface area contributed by atoms with Crippen molar-refractivity contribution in [3.8, 4) is 0 Å². The lowest BCUT2D eigenvalue weighted by Crippen LogP contribution is -2.57. The van der Waals surface area contributed by atoms with Gasteiger partial charge in [0, 0.05) is 24.6 Å². The second-order valence-electron chi connectivity index (χ2n) is 9.14. The molecule has 0 radical (unpaired) electrons. The molecule has 160 valence electrons. The van der Waals surface area contributed by atoms with Crippen molar-refractivity contribution >= 4 is 23.5 Å². The third-order valence-corrected chi connectivity index (χ3v) is 5.58. The zero-order valence-corrected chi connectivity index (χ0v) is 17.7. The van der Waals surface area contributed by atoms with Gasteiger partial charge in [-0.2, -0.15) is 5.10 Å². The Morgan fingerprint density at radius 3 is 2.52 bits per heavy atom. The number of carbonyl (C=O) groups is 3. The lowest BCUT2D eigenvalue weighted by Gasteiger charge is -2.39. The number of anilines is 1. The Hall–Kier alpha value is -2.42. The molecule has 1 aliphatic heterocycles. The molecule has 2 heterocycles. The summed E-state index contributed by atoms with van der Waals surface area (Å²) in [5, 5.41) is 16.1. The van der Waals surface area contributed by atoms with Gasteiger partial charge in [0.25, 0.3) is 0 Å². The molecule has 9 heteroatoms. The van der Waals surface area contributed by atoms with Crippen LogP contribution in [0.2, 0.25) is 0 Å². The normalized spacial score (nSPS) is 23.4. The fourth-order valence-corrected chi connectivity index (χ4v) is 3.85. The molecule has 2 atom stereocenters. The van der Waals surface area contributed by atoms with Gasteiger partial charge in [-0.25, -0.2) is 4.68 Å². The maximum atomic E-state index is 12.4. The van der Waals surface area contributed by atoms with E-state index in [9.17, 15) is 14.4 Å². The minimum atomic E-state index is -0.730. The highest BCUT2D eigenvalue weighted by Gasteiger charge is 2.35. The van der Waals surface area contributed by atoms with Crippen LogP contribution in [0, 0.1) is 12.3 Å². The summed E-state index contributed by atoms with van der Waals surface area (Å²) in [6, 6.07) is 1.68. The van der Waals surface area contributed by atoms with E-state index < -0.39 is 18.1 Å². The van der Waals surface area contributed by atoms with Crippen molar-refractivity contribution in [1.29, 1.82) is 0 Å². The van der Waals surface area contributed by atoms with E-state index in [0.29, 0.717) is 17.9 Å². The maximum Gasteiger partial charge on any atom is 0.314 e. The number of aromatic nitrogens is 2. The van der Waals surface area contributed by atoms with Crippen LogP contribution in [0.5, 0.6) is 0 Å². The topological polar surface area (TPSA) is 117 Å². The highest BCUT2D eigenvalue weighted by Crippen LogP contribution is 2.27. The molecule has 1 aliphatic carbocycles. The van der Waals surface area contributed by atoms with Crippen molar-refractivity contribution in [2.45, 2.75) is 84.6 Å². The molecule has 1 aromatic heterocycles. The van der Waals surface area contributed by atoms with Crippen LogP contribution < -0.4 is 21.3 Å². The Kier molecular flexibility index (Phi) is 6.26. The van der Waals surface area contributed by atoms with E-state index in [1.54, 1.807) is 13.0 Å². The second kappa shape index (κ2) is 8.52. The van der Waals surface area contributed by atoms with Crippen molar-refractivity contribution in [1.82, 2.24) is 25.7 Å². The van der Waals surface area contributed by atoms with Crippen molar-refractivity contribution in [3.63, 3.8) is 0 Å². The monoisotopic (exact) mass is 404 g/mol. The van der Waals surface area contributed by atoms with Gasteiger partial charge < -0.3 is 16.0 Å². The van der Waals surface area contributed by atoms with Crippen LogP contribution in [-0.4, -0.2) is 39.6 Å². The number of hydrogen-bond acceptors (Lipinski definition) is 5. The second-order valence-corrected chi connectivity index (χ2v) is 9.14. The SMILES string of the molecule is Cc1cc(NC(=O)C(=O)NC2CCCCC2)n(C2NC(=O)CC(C(C)(C)C)N2)n1. The van der Waals surface area contributed by atoms with E-state index in [1.165, 1.54) is 11.1 Å². The molecular weight excluding hydrogens is 372 g/mol. The van der Waals surface area contributed by atoms with Gasteiger partial charge in [0.15, 0.2) is 6.29 Å². The van der Waals surface area contributed by atoms with Crippen LogP contribution in [0.15, 0.2) is 6.07 Å². The zero-order chi connectivity index (χ0) is 21.2. The molecular formula is C20H32N6O3. The number of amides is 3. The number of nitrogens with one attached hydrogen (secondary N) is 4. The van der Waals surface area contributed by atoms with E-state index >= 15 is 0 Å². The molecule has 1 saturated heterocycles. The maximum absolute atomic E-state index is 12.4. The Labute approximate surface area is 171 Å². The molecule has 3 rings (SSSR count). The predicted octanol–water partition coefficient (Wildman–Crippen LogP) is 1.56. The van der Waals surface area contributed by atoms with Gasteiger partial charge in [0.1, 0.15) is 5.82 Å². The van der Waals surface area contributed by atoms with Crippen molar-refractivity contribution in [2.75, 3.05) is 5.32 Å². The quantitative estimate of drug-likeness (QED) is 0.571. The molecule has 4 N–H and O–H groups in total. The van der Waals surface area contributed by atoms with Crippen LogP contribution in [-0.2, 0) is 14.4 Å². The van der Waals surface area contributed by atoms with Crippen LogP contribution in [0.25, 0.3) is 0 Å². The highest BCUT2D eigenvalue weighted by atomic mass is 16.2. The summed E-state index contributed by atoms with van der Waals surface area (Å²) in [5.41, 5.74) is 0.545. The van der Waals surface area contributed by atoms with Crippen LogP contribution in [0.4, 0.5) is 5.82 Å². The number of rotatable bonds is 3. The fraction of sp³-hybridized carbons (Fsp3) is 0.700. The smallest absolute Gasteiger partial charge is 0.314 e. The molecule has 1 saturated carbocycles. The van der Waals surface area contributed by atoms with E-state index in [1.807, 2.05) is 0 Å². The van der Waals surface area contributed by atoms with E-state index in [4.69, 9.17) is 0 Å². The summed E-state index contributed by atoms with van der Waals surface area (Å²) in [6.07, 6.45) is 4.88. The Morgan fingerprint density at radius 2 is 1.86 bits per heavy atom. The van der Waals surface area contributed by atoms with Crippen molar-refractivity contribution in [2.24, 2.45) is 5.41 Å². The van der Waals surface area contributed by atoms with Crippen molar-refractivity contribution < 1.29 is 14.4 Å². The van der Waals surface area contributed by atoms with Gasteiger partial charge in [0.05, 0.1) is 5.69 Å². The fourth-order valence-electron chi connectivity index (χ4n) is 3.85. The van der Waals surface area contributed by atoms with Crippen LogP contribution in [0.1, 0.15) is 71.3 Å². The molecule has 29 heavy (non-hydrogen) atoms. The standard InChI is InChI=1S/C20H32N6O3/c1-12-10-15(23-18(29)17(28)21-13-8-6-5-7-9-13)26(25-12)19-22-14(20(2,3)4)11-16(27)24-19/h10,13-14,19,22H,5-9,11H2,1-4H3,(H,21,28)(H,23,29)(H,24,27). The first-order valence-corrected chi connectivity index (χ1v) is 10.4. The molecule has 0 spiro atoms. The minimum absolute atomic E-state index is 0.0519. The molecule has 3 amide bonds. The zero-order valence-electron chi connectivity index (χ0n) is 17.7. The predicted molar refractivity (Wildman–Crippen MR) is 109 cm³/mol. The lowest BCUT2D eigenvalue weighted by molar-refractivity contribution is -0.136. The van der Waals surface area contributed by atoms with Gasteiger partial charge in [0.2, 0.25) is 5.91 Å². The summed E-state index contributed by atoms with van der Waals surface area (Å²) in [4.78, 5) is 37.0. The summed E-state index contributed by atoms with van der Waals surface area (Å²) < 4.78 is 1.51. The summed E-state index contributed by atoms with van der Waals surface area (Å²) >= 11 is 0. The van der Waals surface area contributed by atoms with Gasteiger partial charge in [-0.1, -0.05) is 40.0 Å². The molecule has 1 aromatic rings. The molecule has 2 unspecified atom stereocenters. The first-order valence-electron chi connectivity index (χ1n) is 10.4. The molecule has 0 aromatic carbocycles. The van der Waals surface area contributed by atoms with Crippen LogP contribution in [0.3, 0.4) is 0 Å². The van der Waals surface area contributed by atoms with E-state index in [2.05, 4.69) is 47.1 Å². The number of carbonyl (C=O) groups excluding carboxylic acids is 3. The van der Waals surface area contributed by atoms with E-state index in [-0.39, 0.29) is 23.4 Å². The van der Waals surface area contributed by atoms with Gasteiger partial charge in [-0.3, -0.25) is 19.7 Å². The largest absolute Gasteiger partial charge is 0.345 e. The average molecular weight is 405 g/mol. The summed E-state index contributed by atoms with van der Waals surface area (Å²) in [7, 11) is 0. The molecule has 0 bridgehead atoms.